The lowest BCUT2D eigenvalue weighted by atomic mass is 9.86. The molecule has 0 unspecified atom stereocenters. The number of rotatable bonds is 6. The summed E-state index contributed by atoms with van der Waals surface area (Å²) in [4.78, 5) is 28.9. The van der Waals surface area contributed by atoms with E-state index in [-0.39, 0.29) is 17.2 Å². The van der Waals surface area contributed by atoms with Crippen LogP contribution in [0.15, 0.2) is 72.8 Å². The Morgan fingerprint density at radius 2 is 1.60 bits per heavy atom. The molecule has 0 bridgehead atoms. The van der Waals surface area contributed by atoms with Crippen molar-refractivity contribution in [2.75, 3.05) is 37.7 Å². The largest absolute Gasteiger partial charge is 0.477 e. The third kappa shape index (κ3) is 5.41. The van der Waals surface area contributed by atoms with Crippen molar-refractivity contribution < 1.29 is 19.4 Å². The molecule has 1 aromatic heterocycles. The fraction of sp³-hybridized carbons (Fsp3) is 0.333. The normalized spacial score (nSPS) is 14.0. The van der Waals surface area contributed by atoms with Gasteiger partial charge in [-0.05, 0) is 47.2 Å². The summed E-state index contributed by atoms with van der Waals surface area (Å²) in [5.41, 5.74) is 6.12. The van der Waals surface area contributed by atoms with Crippen LogP contribution in [-0.2, 0) is 16.7 Å². The molecule has 5 rings (SSSR count). The van der Waals surface area contributed by atoms with Crippen LogP contribution >= 0.6 is 0 Å². The number of nitrogens with zero attached hydrogens (tertiary/aromatic N) is 3. The first-order valence-electron chi connectivity index (χ1n) is 13.9. The Morgan fingerprint density at radius 1 is 0.900 bits per heavy atom. The predicted molar refractivity (Wildman–Crippen MR) is 159 cm³/mol. The van der Waals surface area contributed by atoms with Gasteiger partial charge in [0, 0.05) is 54.9 Å². The molecule has 208 valence electrons. The number of carboxylic acids is 1. The smallest absolute Gasteiger partial charge is 0.409 e. The van der Waals surface area contributed by atoms with Gasteiger partial charge in [0.05, 0.1) is 6.61 Å². The Hall–Kier alpha value is -4.26. The van der Waals surface area contributed by atoms with E-state index in [0.717, 1.165) is 33.3 Å². The van der Waals surface area contributed by atoms with Gasteiger partial charge in [0.25, 0.3) is 0 Å². The SMILES string of the molecule is CCOC(=O)N1CCN(c2cccc(Cn3c(C(=O)O)c(-c4ccc(C(C)(C)C)cc4)c4ccccc43)c2)CC1. The summed E-state index contributed by atoms with van der Waals surface area (Å²) in [5.74, 6) is -0.947. The van der Waals surface area contributed by atoms with Crippen molar-refractivity contribution in [1.82, 2.24) is 9.47 Å². The highest BCUT2D eigenvalue weighted by Gasteiger charge is 2.25. The van der Waals surface area contributed by atoms with Crippen LogP contribution in [0.1, 0.15) is 49.3 Å². The molecular weight excluding hydrogens is 502 g/mol. The number of para-hydroxylation sites is 1. The van der Waals surface area contributed by atoms with Crippen LogP contribution in [-0.4, -0.2) is 59.4 Å². The van der Waals surface area contributed by atoms with Crippen molar-refractivity contribution in [3.63, 3.8) is 0 Å². The van der Waals surface area contributed by atoms with E-state index in [2.05, 4.69) is 49.9 Å². The Bertz CT molecular complexity index is 1520. The fourth-order valence-electron chi connectivity index (χ4n) is 5.52. The average molecular weight is 540 g/mol. The molecule has 7 nitrogen and oxygen atoms in total. The minimum atomic E-state index is -0.947. The molecule has 1 saturated heterocycles. The number of carbonyl (C=O) groups excluding carboxylic acids is 1. The molecular formula is C33H37N3O4. The minimum Gasteiger partial charge on any atom is -0.477 e. The summed E-state index contributed by atoms with van der Waals surface area (Å²) in [5, 5.41) is 11.4. The maximum Gasteiger partial charge on any atom is 0.409 e. The number of ether oxygens (including phenoxy) is 1. The fourth-order valence-corrected chi connectivity index (χ4v) is 5.52. The van der Waals surface area contributed by atoms with Crippen molar-refractivity contribution >= 4 is 28.7 Å². The van der Waals surface area contributed by atoms with E-state index in [1.54, 1.807) is 4.90 Å². The van der Waals surface area contributed by atoms with E-state index in [1.165, 1.54) is 5.56 Å². The van der Waals surface area contributed by atoms with E-state index in [9.17, 15) is 14.7 Å². The number of aromatic carboxylic acids is 1. The maximum absolute atomic E-state index is 12.8. The van der Waals surface area contributed by atoms with Gasteiger partial charge >= 0.3 is 12.1 Å². The molecule has 4 aromatic rings. The van der Waals surface area contributed by atoms with E-state index in [1.807, 2.05) is 60.0 Å². The number of carboxylic acid groups (broad SMARTS) is 1. The molecule has 0 radical (unpaired) electrons. The first-order chi connectivity index (χ1) is 19.2. The van der Waals surface area contributed by atoms with Gasteiger partial charge in [0.1, 0.15) is 5.69 Å². The molecule has 1 aliphatic rings. The standard InChI is InChI=1S/C33H37N3O4/c1-5-40-32(39)35-19-17-34(18-20-35)26-10-8-9-23(21-26)22-36-28-12-7-6-11-27(28)29(30(36)31(37)38)24-13-15-25(16-14-24)33(2,3)4/h6-16,21H,5,17-20,22H2,1-4H3,(H,37,38). The van der Waals surface area contributed by atoms with Gasteiger partial charge in [-0.2, -0.15) is 0 Å². The number of amides is 1. The number of piperazine rings is 1. The molecule has 1 N–H and O–H groups in total. The lowest BCUT2D eigenvalue weighted by Crippen LogP contribution is -2.49. The van der Waals surface area contributed by atoms with Gasteiger partial charge < -0.3 is 24.2 Å². The summed E-state index contributed by atoms with van der Waals surface area (Å²) in [6.07, 6.45) is -0.263. The van der Waals surface area contributed by atoms with E-state index in [0.29, 0.717) is 39.3 Å². The number of fused-ring (bicyclic) bond motifs is 1. The molecule has 3 aromatic carbocycles. The molecule has 0 saturated carbocycles. The second-order valence-electron chi connectivity index (χ2n) is 11.3. The number of aromatic nitrogens is 1. The lowest BCUT2D eigenvalue weighted by Gasteiger charge is -2.35. The third-order valence-corrected chi connectivity index (χ3v) is 7.64. The van der Waals surface area contributed by atoms with Crippen molar-refractivity contribution in [3.05, 3.63) is 89.6 Å². The summed E-state index contributed by atoms with van der Waals surface area (Å²) in [7, 11) is 0. The van der Waals surface area contributed by atoms with Gasteiger partial charge in [-0.15, -0.1) is 0 Å². The van der Waals surface area contributed by atoms with Crippen molar-refractivity contribution in [2.45, 2.75) is 39.7 Å². The van der Waals surface area contributed by atoms with Crippen LogP contribution < -0.4 is 4.90 Å². The number of hydrogen-bond donors (Lipinski definition) is 1. The maximum atomic E-state index is 12.8. The number of benzene rings is 3. The zero-order valence-electron chi connectivity index (χ0n) is 23.7. The second-order valence-corrected chi connectivity index (χ2v) is 11.3. The highest BCUT2D eigenvalue weighted by Crippen LogP contribution is 2.37. The zero-order valence-corrected chi connectivity index (χ0v) is 23.7. The summed E-state index contributed by atoms with van der Waals surface area (Å²) < 4.78 is 7.06. The average Bonchev–Trinajstić information content (AvgIpc) is 3.27. The summed E-state index contributed by atoms with van der Waals surface area (Å²) >= 11 is 0. The number of carbonyl (C=O) groups is 2. The van der Waals surface area contributed by atoms with Crippen LogP contribution in [0.3, 0.4) is 0 Å². The molecule has 2 heterocycles. The van der Waals surface area contributed by atoms with E-state index < -0.39 is 5.97 Å². The van der Waals surface area contributed by atoms with Crippen molar-refractivity contribution in [2.24, 2.45) is 0 Å². The van der Waals surface area contributed by atoms with Gasteiger partial charge in [-0.1, -0.05) is 75.4 Å². The van der Waals surface area contributed by atoms with Crippen LogP contribution in [0.4, 0.5) is 10.5 Å². The highest BCUT2D eigenvalue weighted by atomic mass is 16.6. The topological polar surface area (TPSA) is 75.0 Å². The molecule has 0 spiro atoms. The van der Waals surface area contributed by atoms with Crippen molar-refractivity contribution in [3.8, 4) is 11.1 Å². The van der Waals surface area contributed by atoms with E-state index >= 15 is 0 Å². The zero-order chi connectivity index (χ0) is 28.4. The Morgan fingerprint density at radius 3 is 2.25 bits per heavy atom. The number of hydrogen-bond acceptors (Lipinski definition) is 4. The van der Waals surface area contributed by atoms with Crippen LogP contribution in [0.25, 0.3) is 22.0 Å². The predicted octanol–water partition coefficient (Wildman–Crippen LogP) is 6.63. The van der Waals surface area contributed by atoms with Gasteiger partial charge in [-0.25, -0.2) is 9.59 Å². The Balaban J connectivity index is 1.48. The first-order valence-corrected chi connectivity index (χ1v) is 13.9. The van der Waals surface area contributed by atoms with E-state index in [4.69, 9.17) is 4.74 Å². The summed E-state index contributed by atoms with van der Waals surface area (Å²) in [6, 6.07) is 24.4. The van der Waals surface area contributed by atoms with Crippen LogP contribution in [0, 0.1) is 0 Å². The summed E-state index contributed by atoms with van der Waals surface area (Å²) in [6.45, 7) is 11.8. The molecule has 0 aliphatic carbocycles. The molecule has 1 amide bonds. The van der Waals surface area contributed by atoms with Gasteiger partial charge in [0.15, 0.2) is 0 Å². The highest BCUT2D eigenvalue weighted by molar-refractivity contribution is 6.08. The monoisotopic (exact) mass is 539 g/mol. The second kappa shape index (κ2) is 11.1. The van der Waals surface area contributed by atoms with Crippen LogP contribution in [0.2, 0.25) is 0 Å². The quantitative estimate of drug-likeness (QED) is 0.298. The van der Waals surface area contributed by atoms with Gasteiger partial charge in [0.2, 0.25) is 0 Å². The molecule has 0 atom stereocenters. The Kier molecular flexibility index (Phi) is 7.57. The van der Waals surface area contributed by atoms with Gasteiger partial charge in [-0.3, -0.25) is 0 Å². The number of anilines is 1. The lowest BCUT2D eigenvalue weighted by molar-refractivity contribution is 0.0687. The Labute approximate surface area is 235 Å². The van der Waals surface area contributed by atoms with Crippen molar-refractivity contribution in [1.29, 1.82) is 0 Å². The van der Waals surface area contributed by atoms with Crippen LogP contribution in [0.5, 0.6) is 0 Å². The third-order valence-electron chi connectivity index (χ3n) is 7.64. The molecule has 7 heteroatoms. The minimum absolute atomic E-state index is 0.0125. The first kappa shape index (κ1) is 27.3. The molecule has 1 fully saturated rings. The molecule has 40 heavy (non-hydrogen) atoms. The molecule has 1 aliphatic heterocycles.